The topological polar surface area (TPSA) is 84.5 Å². The minimum Gasteiger partial charge on any atom is -0.452 e. The number of esters is 1. The van der Waals surface area contributed by atoms with Gasteiger partial charge in [-0.3, -0.25) is 10.1 Å². The molecule has 0 aliphatic rings. The molecule has 118 valence electrons. The van der Waals surface area contributed by atoms with Gasteiger partial charge in [-0.2, -0.15) is 0 Å². The average Bonchev–Trinajstić information content (AvgIpc) is 2.50. The summed E-state index contributed by atoms with van der Waals surface area (Å²) in [7, 11) is 0. The highest BCUT2D eigenvalue weighted by molar-refractivity contribution is 6.30. The fourth-order valence-electron chi connectivity index (χ4n) is 1.37. The zero-order chi connectivity index (χ0) is 16.4. The smallest absolute Gasteiger partial charge is 0.331 e. The van der Waals surface area contributed by atoms with Crippen LogP contribution in [0.15, 0.2) is 30.3 Å². The van der Waals surface area contributed by atoms with Crippen LogP contribution in [-0.2, 0) is 14.3 Å². The van der Waals surface area contributed by atoms with Crippen LogP contribution in [0, 0.1) is 0 Å². The second kappa shape index (κ2) is 9.57. The Bertz CT molecular complexity index is 555. The molecule has 1 rings (SSSR count). The third kappa shape index (κ3) is 7.44. The minimum absolute atomic E-state index is 0.461. The molecule has 0 fully saturated rings. The van der Waals surface area contributed by atoms with Crippen LogP contribution >= 0.6 is 11.6 Å². The largest absolute Gasteiger partial charge is 0.452 e. The summed E-state index contributed by atoms with van der Waals surface area (Å²) in [5, 5.41) is 5.11. The predicted molar refractivity (Wildman–Crippen MR) is 83.3 cm³/mol. The number of benzene rings is 1. The van der Waals surface area contributed by atoms with Crippen molar-refractivity contribution in [1.29, 1.82) is 0 Å². The van der Waals surface area contributed by atoms with Gasteiger partial charge in [-0.1, -0.05) is 30.7 Å². The van der Waals surface area contributed by atoms with Gasteiger partial charge in [0.2, 0.25) is 0 Å². The molecular weight excluding hydrogens is 308 g/mol. The lowest BCUT2D eigenvalue weighted by Crippen LogP contribution is -2.41. The molecule has 0 aliphatic carbocycles. The monoisotopic (exact) mass is 324 g/mol. The van der Waals surface area contributed by atoms with E-state index in [2.05, 4.69) is 5.32 Å². The molecule has 1 aromatic carbocycles. The van der Waals surface area contributed by atoms with Crippen molar-refractivity contribution in [3.63, 3.8) is 0 Å². The van der Waals surface area contributed by atoms with Crippen molar-refractivity contribution in [2.24, 2.45) is 0 Å². The fourth-order valence-corrected chi connectivity index (χ4v) is 1.49. The van der Waals surface area contributed by atoms with Crippen LogP contribution in [0.25, 0.3) is 6.08 Å². The summed E-state index contributed by atoms with van der Waals surface area (Å²) in [6.07, 6.45) is 3.48. The Kier molecular flexibility index (Phi) is 7.70. The minimum atomic E-state index is -0.693. The molecule has 0 aromatic heterocycles. The van der Waals surface area contributed by atoms with Crippen LogP contribution in [-0.4, -0.2) is 31.1 Å². The molecule has 0 radical (unpaired) electrons. The van der Waals surface area contributed by atoms with E-state index in [0.29, 0.717) is 11.6 Å². The number of urea groups is 1. The molecule has 0 aliphatic heterocycles. The predicted octanol–water partition coefficient (Wildman–Crippen LogP) is 2.13. The number of hydrogen-bond acceptors (Lipinski definition) is 4. The van der Waals surface area contributed by atoms with Gasteiger partial charge in [0.1, 0.15) is 0 Å². The first-order chi connectivity index (χ1) is 10.5. The van der Waals surface area contributed by atoms with E-state index in [-0.39, 0.29) is 0 Å². The molecular formula is C15H17ClN2O4. The summed E-state index contributed by atoms with van der Waals surface area (Å²) < 4.78 is 4.71. The van der Waals surface area contributed by atoms with Gasteiger partial charge in [0.15, 0.2) is 6.61 Å². The van der Waals surface area contributed by atoms with Crippen LogP contribution in [0.5, 0.6) is 0 Å². The van der Waals surface area contributed by atoms with Gasteiger partial charge in [0.05, 0.1) is 0 Å². The summed E-state index contributed by atoms with van der Waals surface area (Å²) >= 11 is 5.74. The van der Waals surface area contributed by atoms with Crippen LogP contribution in [0.3, 0.4) is 0 Å². The standard InChI is InChI=1S/C15H17ClN2O4/c1-2-9-17-15(21)18-13(19)10-22-14(20)8-5-11-3-6-12(16)7-4-11/h3-8H,2,9-10H2,1H3,(H2,17,18,19,21)/b8-5+. The number of amides is 3. The highest BCUT2D eigenvalue weighted by atomic mass is 35.5. The van der Waals surface area contributed by atoms with E-state index in [9.17, 15) is 14.4 Å². The number of carbonyl (C=O) groups excluding carboxylic acids is 3. The van der Waals surface area contributed by atoms with E-state index in [1.165, 1.54) is 12.2 Å². The first-order valence-corrected chi connectivity index (χ1v) is 7.07. The molecule has 0 atom stereocenters. The van der Waals surface area contributed by atoms with Crippen molar-refractivity contribution in [3.8, 4) is 0 Å². The van der Waals surface area contributed by atoms with Crippen molar-refractivity contribution < 1.29 is 19.1 Å². The summed E-state index contributed by atoms with van der Waals surface area (Å²) in [6.45, 7) is 1.82. The Morgan fingerprint density at radius 3 is 2.55 bits per heavy atom. The SMILES string of the molecule is CCCNC(=O)NC(=O)COC(=O)/C=C/c1ccc(Cl)cc1. The third-order valence-corrected chi connectivity index (χ3v) is 2.67. The molecule has 0 bridgehead atoms. The molecule has 22 heavy (non-hydrogen) atoms. The van der Waals surface area contributed by atoms with Gasteiger partial charge in [-0.05, 0) is 30.2 Å². The molecule has 0 heterocycles. The highest BCUT2D eigenvalue weighted by Gasteiger charge is 2.08. The maximum atomic E-state index is 11.4. The van der Waals surface area contributed by atoms with Gasteiger partial charge >= 0.3 is 12.0 Å². The zero-order valence-corrected chi connectivity index (χ0v) is 12.9. The maximum Gasteiger partial charge on any atom is 0.331 e. The summed E-state index contributed by atoms with van der Waals surface area (Å²) in [6, 6.07) is 6.23. The number of nitrogens with one attached hydrogen (secondary N) is 2. The van der Waals surface area contributed by atoms with Crippen molar-refractivity contribution in [3.05, 3.63) is 40.9 Å². The van der Waals surface area contributed by atoms with Crippen LogP contribution < -0.4 is 10.6 Å². The highest BCUT2D eigenvalue weighted by Crippen LogP contribution is 2.10. The Labute approximate surface area is 133 Å². The normalized spacial score (nSPS) is 10.3. The molecule has 1 aromatic rings. The maximum absolute atomic E-state index is 11.4. The van der Waals surface area contributed by atoms with Crippen LogP contribution in [0.4, 0.5) is 4.79 Å². The lowest BCUT2D eigenvalue weighted by Gasteiger charge is -2.05. The second-order valence-electron chi connectivity index (χ2n) is 4.30. The lowest BCUT2D eigenvalue weighted by atomic mass is 10.2. The average molecular weight is 325 g/mol. The number of imide groups is 1. The van der Waals surface area contributed by atoms with Crippen LogP contribution in [0.1, 0.15) is 18.9 Å². The third-order valence-electron chi connectivity index (χ3n) is 2.42. The van der Waals surface area contributed by atoms with E-state index in [4.69, 9.17) is 16.3 Å². The van der Waals surface area contributed by atoms with Crippen molar-refractivity contribution >= 4 is 35.6 Å². The fraction of sp³-hybridized carbons (Fsp3) is 0.267. The van der Waals surface area contributed by atoms with E-state index < -0.39 is 24.5 Å². The van der Waals surface area contributed by atoms with E-state index in [0.717, 1.165) is 12.0 Å². The van der Waals surface area contributed by atoms with E-state index >= 15 is 0 Å². The Hall–Kier alpha value is -2.34. The van der Waals surface area contributed by atoms with Crippen molar-refractivity contribution in [1.82, 2.24) is 10.6 Å². The molecule has 6 nitrogen and oxygen atoms in total. The van der Waals surface area contributed by atoms with Gasteiger partial charge in [0, 0.05) is 17.6 Å². The number of hydrogen-bond donors (Lipinski definition) is 2. The second-order valence-corrected chi connectivity index (χ2v) is 4.73. The first kappa shape index (κ1) is 17.7. The summed E-state index contributed by atoms with van der Waals surface area (Å²) in [4.78, 5) is 34.0. The summed E-state index contributed by atoms with van der Waals surface area (Å²) in [5.74, 6) is -1.37. The zero-order valence-electron chi connectivity index (χ0n) is 12.1. The van der Waals surface area contributed by atoms with Gasteiger partial charge in [0.25, 0.3) is 5.91 Å². The van der Waals surface area contributed by atoms with Gasteiger partial charge < -0.3 is 10.1 Å². The van der Waals surface area contributed by atoms with Crippen molar-refractivity contribution in [2.45, 2.75) is 13.3 Å². The Morgan fingerprint density at radius 2 is 1.91 bits per heavy atom. The molecule has 3 amide bonds. The van der Waals surface area contributed by atoms with Crippen molar-refractivity contribution in [2.75, 3.05) is 13.2 Å². The van der Waals surface area contributed by atoms with Crippen LogP contribution in [0.2, 0.25) is 5.02 Å². The molecule has 0 saturated heterocycles. The summed E-state index contributed by atoms with van der Waals surface area (Å²) in [5.41, 5.74) is 0.768. The van der Waals surface area contributed by atoms with E-state index in [1.54, 1.807) is 24.3 Å². The molecule has 0 spiro atoms. The molecule has 7 heteroatoms. The number of ether oxygens (including phenoxy) is 1. The Morgan fingerprint density at radius 1 is 1.23 bits per heavy atom. The van der Waals surface area contributed by atoms with Gasteiger partial charge in [-0.15, -0.1) is 0 Å². The molecule has 2 N–H and O–H groups in total. The lowest BCUT2D eigenvalue weighted by molar-refractivity contribution is -0.143. The van der Waals surface area contributed by atoms with E-state index in [1.807, 2.05) is 12.2 Å². The first-order valence-electron chi connectivity index (χ1n) is 6.69. The van der Waals surface area contributed by atoms with Gasteiger partial charge in [-0.25, -0.2) is 9.59 Å². The molecule has 0 saturated carbocycles. The number of carbonyl (C=O) groups is 3. The number of halogens is 1. The molecule has 0 unspecified atom stereocenters. The Balaban J connectivity index is 2.31. The number of rotatable bonds is 6. The quantitative estimate of drug-likeness (QED) is 0.620.